The first kappa shape index (κ1) is 8.75. The minimum Gasteiger partial charge on any atom is -0.377 e. The van der Waals surface area contributed by atoms with Crippen LogP contribution in [0.25, 0.3) is 0 Å². The van der Waals surface area contributed by atoms with Crippen LogP contribution in [-0.4, -0.2) is 7.11 Å². The summed E-state index contributed by atoms with van der Waals surface area (Å²) in [6.45, 7) is 2.03. The lowest BCUT2D eigenvalue weighted by Gasteiger charge is -2.10. The molecule has 1 rings (SSSR count). The molecule has 0 N–H and O–H groups in total. The highest BCUT2D eigenvalue weighted by Gasteiger charge is 2.05. The van der Waals surface area contributed by atoms with Crippen LogP contribution in [0.1, 0.15) is 18.6 Å². The van der Waals surface area contributed by atoms with Crippen molar-refractivity contribution in [3.05, 3.63) is 34.3 Å². The lowest BCUT2D eigenvalue weighted by molar-refractivity contribution is 0.119. The van der Waals surface area contributed by atoms with Crippen molar-refractivity contribution in [2.45, 2.75) is 13.0 Å². The Balaban J connectivity index is 2.93. The minimum absolute atomic E-state index is 0.158. The van der Waals surface area contributed by atoms with Gasteiger partial charge in [-0.05, 0) is 18.6 Å². The van der Waals surface area contributed by atoms with Gasteiger partial charge >= 0.3 is 0 Å². The molecule has 11 heavy (non-hydrogen) atoms. The van der Waals surface area contributed by atoms with Crippen LogP contribution in [0, 0.1) is 0 Å². The van der Waals surface area contributed by atoms with E-state index in [9.17, 15) is 0 Å². The Kier molecular flexibility index (Phi) is 3.09. The second-order valence-corrected chi connectivity index (χ2v) is 3.25. The average molecular weight is 215 g/mol. The van der Waals surface area contributed by atoms with Crippen LogP contribution < -0.4 is 0 Å². The fourth-order valence-corrected chi connectivity index (χ4v) is 1.54. The fraction of sp³-hybridized carbons (Fsp3) is 0.333. The minimum atomic E-state index is 0.158. The molecule has 0 fully saturated rings. The van der Waals surface area contributed by atoms with Gasteiger partial charge in [0.2, 0.25) is 0 Å². The molecule has 0 amide bonds. The first-order valence-corrected chi connectivity index (χ1v) is 4.32. The summed E-state index contributed by atoms with van der Waals surface area (Å²) < 4.78 is 6.29. The quantitative estimate of drug-likeness (QED) is 0.736. The highest BCUT2D eigenvalue weighted by atomic mass is 79.9. The monoisotopic (exact) mass is 214 g/mol. The Hall–Kier alpha value is -0.340. The molecule has 0 radical (unpaired) electrons. The summed E-state index contributed by atoms with van der Waals surface area (Å²) in [6, 6.07) is 8.08. The summed E-state index contributed by atoms with van der Waals surface area (Å²) in [5, 5.41) is 0. The van der Waals surface area contributed by atoms with E-state index >= 15 is 0 Å². The summed E-state index contributed by atoms with van der Waals surface area (Å²) in [5.41, 5.74) is 1.19. The van der Waals surface area contributed by atoms with E-state index in [0.717, 1.165) is 4.47 Å². The van der Waals surface area contributed by atoms with Crippen molar-refractivity contribution in [2.75, 3.05) is 7.11 Å². The zero-order valence-corrected chi connectivity index (χ0v) is 8.26. The third-order valence-electron chi connectivity index (χ3n) is 1.70. The smallest absolute Gasteiger partial charge is 0.0803 e. The number of halogens is 1. The molecule has 1 aromatic rings. The molecular weight excluding hydrogens is 204 g/mol. The van der Waals surface area contributed by atoms with Gasteiger partial charge in [-0.2, -0.15) is 0 Å². The molecule has 0 saturated carbocycles. The van der Waals surface area contributed by atoms with Crippen molar-refractivity contribution < 1.29 is 4.74 Å². The Morgan fingerprint density at radius 2 is 2.00 bits per heavy atom. The Morgan fingerprint density at radius 3 is 2.55 bits per heavy atom. The van der Waals surface area contributed by atoms with Crippen LogP contribution in [0.2, 0.25) is 0 Å². The maximum atomic E-state index is 5.19. The molecule has 0 bridgehead atoms. The van der Waals surface area contributed by atoms with E-state index in [1.165, 1.54) is 5.56 Å². The van der Waals surface area contributed by atoms with E-state index in [-0.39, 0.29) is 6.10 Å². The molecule has 1 aromatic carbocycles. The highest BCUT2D eigenvalue weighted by molar-refractivity contribution is 9.10. The predicted octanol–water partition coefficient (Wildman–Crippen LogP) is 3.16. The van der Waals surface area contributed by atoms with Gasteiger partial charge in [0.05, 0.1) is 6.10 Å². The van der Waals surface area contributed by atoms with Crippen molar-refractivity contribution in [1.29, 1.82) is 0 Å². The Bertz CT molecular complexity index is 235. The average Bonchev–Trinajstić information content (AvgIpc) is 2.04. The van der Waals surface area contributed by atoms with Crippen molar-refractivity contribution in [3.63, 3.8) is 0 Å². The van der Waals surface area contributed by atoms with Crippen molar-refractivity contribution in [1.82, 2.24) is 0 Å². The van der Waals surface area contributed by atoms with Gasteiger partial charge in [0.1, 0.15) is 0 Å². The maximum absolute atomic E-state index is 5.19. The van der Waals surface area contributed by atoms with Gasteiger partial charge in [-0.25, -0.2) is 0 Å². The highest BCUT2D eigenvalue weighted by Crippen LogP contribution is 2.24. The third-order valence-corrected chi connectivity index (χ3v) is 2.42. The first-order chi connectivity index (χ1) is 5.25. The molecule has 1 atom stereocenters. The number of benzene rings is 1. The molecule has 0 heterocycles. The molecule has 0 aliphatic heterocycles. The normalized spacial score (nSPS) is 13.0. The van der Waals surface area contributed by atoms with Crippen LogP contribution in [0.4, 0.5) is 0 Å². The first-order valence-electron chi connectivity index (χ1n) is 3.53. The van der Waals surface area contributed by atoms with Crippen molar-refractivity contribution in [3.8, 4) is 0 Å². The Labute approximate surface area is 75.5 Å². The SMILES string of the molecule is CO[C@H](C)c1ccccc1Br. The van der Waals surface area contributed by atoms with E-state index in [2.05, 4.69) is 22.0 Å². The molecule has 0 saturated heterocycles. The van der Waals surface area contributed by atoms with E-state index in [0.29, 0.717) is 0 Å². The summed E-state index contributed by atoms with van der Waals surface area (Å²) >= 11 is 3.46. The zero-order chi connectivity index (χ0) is 8.27. The van der Waals surface area contributed by atoms with Crippen molar-refractivity contribution in [2.24, 2.45) is 0 Å². The zero-order valence-electron chi connectivity index (χ0n) is 6.67. The molecule has 0 aromatic heterocycles. The second kappa shape index (κ2) is 3.88. The third kappa shape index (κ3) is 2.04. The summed E-state index contributed by atoms with van der Waals surface area (Å²) in [6.07, 6.45) is 0.158. The van der Waals surface area contributed by atoms with Crippen LogP contribution >= 0.6 is 15.9 Å². The van der Waals surface area contributed by atoms with Gasteiger partial charge in [0.25, 0.3) is 0 Å². The molecule has 0 spiro atoms. The predicted molar refractivity (Wildman–Crippen MR) is 49.6 cm³/mol. The van der Waals surface area contributed by atoms with Crippen LogP contribution in [0.5, 0.6) is 0 Å². The maximum Gasteiger partial charge on any atom is 0.0803 e. The van der Waals surface area contributed by atoms with Crippen molar-refractivity contribution >= 4 is 15.9 Å². The van der Waals surface area contributed by atoms with Gasteiger partial charge in [0.15, 0.2) is 0 Å². The summed E-state index contributed by atoms with van der Waals surface area (Å²) in [4.78, 5) is 0. The van der Waals surface area contributed by atoms with E-state index in [1.807, 2.05) is 25.1 Å². The fourth-order valence-electron chi connectivity index (χ4n) is 0.932. The van der Waals surface area contributed by atoms with Crippen LogP contribution in [0.3, 0.4) is 0 Å². The number of hydrogen-bond acceptors (Lipinski definition) is 1. The van der Waals surface area contributed by atoms with E-state index < -0.39 is 0 Å². The summed E-state index contributed by atoms with van der Waals surface area (Å²) in [5.74, 6) is 0. The molecule has 1 nitrogen and oxygen atoms in total. The molecule has 0 unspecified atom stereocenters. The van der Waals surface area contributed by atoms with Gasteiger partial charge < -0.3 is 4.74 Å². The van der Waals surface area contributed by atoms with Gasteiger partial charge in [-0.15, -0.1) is 0 Å². The molecular formula is C9H11BrO. The lowest BCUT2D eigenvalue weighted by Crippen LogP contribution is -1.95. The molecule has 0 aliphatic carbocycles. The van der Waals surface area contributed by atoms with Crippen LogP contribution in [0.15, 0.2) is 28.7 Å². The topological polar surface area (TPSA) is 9.23 Å². The molecule has 2 heteroatoms. The van der Waals surface area contributed by atoms with Crippen LogP contribution in [-0.2, 0) is 4.74 Å². The lowest BCUT2D eigenvalue weighted by atomic mass is 10.1. The molecule has 0 aliphatic rings. The van der Waals surface area contributed by atoms with Gasteiger partial charge in [0, 0.05) is 11.6 Å². The number of hydrogen-bond donors (Lipinski definition) is 0. The standard InChI is InChI=1S/C9H11BrO/c1-7(11-2)8-5-3-4-6-9(8)10/h3-7H,1-2H3/t7-/m1/s1. The van der Waals surface area contributed by atoms with E-state index in [4.69, 9.17) is 4.74 Å². The number of ether oxygens (including phenoxy) is 1. The molecule has 60 valence electrons. The van der Waals surface area contributed by atoms with E-state index in [1.54, 1.807) is 7.11 Å². The number of rotatable bonds is 2. The largest absolute Gasteiger partial charge is 0.377 e. The second-order valence-electron chi connectivity index (χ2n) is 2.40. The van der Waals surface area contributed by atoms with Gasteiger partial charge in [-0.3, -0.25) is 0 Å². The Morgan fingerprint density at radius 1 is 1.36 bits per heavy atom. The van der Waals surface area contributed by atoms with Gasteiger partial charge in [-0.1, -0.05) is 34.1 Å². The summed E-state index contributed by atoms with van der Waals surface area (Å²) in [7, 11) is 1.71. The number of methoxy groups -OCH3 is 1.